The average molecular weight is 94.1 g/mol. The van der Waals surface area contributed by atoms with E-state index in [0.29, 0.717) is 11.7 Å². The normalized spacial score (nSPS) is 35.1. The Kier molecular flexibility index (Phi) is 0.394. The van der Waals surface area contributed by atoms with Gasteiger partial charge in [-0.1, -0.05) is 5.57 Å². The van der Waals surface area contributed by atoms with Gasteiger partial charge in [0.25, 0.3) is 0 Å². The van der Waals surface area contributed by atoms with Gasteiger partial charge in [0.1, 0.15) is 0 Å². The number of fused-ring (bicyclic) bond motifs is 1. The van der Waals surface area contributed by atoms with Crippen LogP contribution in [0.4, 0.5) is 0 Å². The molecule has 0 bridgehead atoms. The van der Waals surface area contributed by atoms with Crippen LogP contribution in [-0.4, -0.2) is 5.78 Å². The standard InChI is InChI=1S/C6H6O/c7-6-2-4-1-5(4)3-6/h2,5H,1,3H2. The van der Waals surface area contributed by atoms with E-state index in [4.69, 9.17) is 0 Å². The third kappa shape index (κ3) is 0.350. The highest BCUT2D eigenvalue weighted by molar-refractivity contribution is 5.95. The van der Waals surface area contributed by atoms with Gasteiger partial charge in [-0.15, -0.1) is 0 Å². The zero-order chi connectivity index (χ0) is 4.85. The van der Waals surface area contributed by atoms with E-state index in [1.165, 1.54) is 12.0 Å². The molecule has 1 saturated carbocycles. The van der Waals surface area contributed by atoms with Gasteiger partial charge in [-0.05, 0) is 18.4 Å². The smallest absolute Gasteiger partial charge is 0.156 e. The first-order valence-corrected chi connectivity index (χ1v) is 2.59. The van der Waals surface area contributed by atoms with E-state index in [0.717, 1.165) is 6.42 Å². The predicted octanol–water partition coefficient (Wildman–Crippen LogP) is 0.905. The highest BCUT2D eigenvalue weighted by Gasteiger charge is 2.36. The lowest BCUT2D eigenvalue weighted by Crippen LogP contribution is -1.86. The molecule has 0 saturated heterocycles. The van der Waals surface area contributed by atoms with Gasteiger partial charge in [0.15, 0.2) is 5.78 Å². The Morgan fingerprint density at radius 1 is 1.57 bits per heavy atom. The average Bonchev–Trinajstić information content (AvgIpc) is 2.15. The van der Waals surface area contributed by atoms with Crippen molar-refractivity contribution in [1.82, 2.24) is 0 Å². The minimum absolute atomic E-state index is 0.339. The highest BCUT2D eigenvalue weighted by atomic mass is 16.1. The number of allylic oxidation sites excluding steroid dienone is 2. The summed E-state index contributed by atoms with van der Waals surface area (Å²) in [5.74, 6) is 1.04. The molecule has 7 heavy (non-hydrogen) atoms. The lowest BCUT2D eigenvalue weighted by atomic mass is 10.3. The van der Waals surface area contributed by atoms with Crippen LogP contribution < -0.4 is 0 Å². The van der Waals surface area contributed by atoms with Crippen LogP contribution in [0.5, 0.6) is 0 Å². The zero-order valence-electron chi connectivity index (χ0n) is 3.98. The number of carbonyl (C=O) groups excluding carboxylic acids is 1. The third-order valence-corrected chi connectivity index (χ3v) is 1.64. The van der Waals surface area contributed by atoms with Crippen molar-refractivity contribution in [2.24, 2.45) is 5.92 Å². The van der Waals surface area contributed by atoms with E-state index >= 15 is 0 Å². The maximum Gasteiger partial charge on any atom is 0.156 e. The van der Waals surface area contributed by atoms with Crippen molar-refractivity contribution in [3.8, 4) is 0 Å². The molecule has 2 rings (SSSR count). The van der Waals surface area contributed by atoms with Crippen molar-refractivity contribution in [3.05, 3.63) is 11.6 Å². The van der Waals surface area contributed by atoms with Crippen molar-refractivity contribution in [2.45, 2.75) is 12.8 Å². The van der Waals surface area contributed by atoms with E-state index in [1.807, 2.05) is 0 Å². The molecule has 1 nitrogen and oxygen atoms in total. The van der Waals surface area contributed by atoms with Crippen LogP contribution in [0.3, 0.4) is 0 Å². The summed E-state index contributed by atoms with van der Waals surface area (Å²) in [7, 11) is 0. The van der Waals surface area contributed by atoms with Crippen molar-refractivity contribution < 1.29 is 4.79 Å². The number of hydrogen-bond donors (Lipinski definition) is 0. The Labute approximate surface area is 42.0 Å². The Hall–Kier alpha value is -0.590. The van der Waals surface area contributed by atoms with Crippen LogP contribution in [0.15, 0.2) is 11.6 Å². The Morgan fingerprint density at radius 2 is 2.43 bits per heavy atom. The van der Waals surface area contributed by atoms with Crippen molar-refractivity contribution in [3.63, 3.8) is 0 Å². The molecule has 1 unspecified atom stereocenters. The summed E-state index contributed by atoms with van der Waals surface area (Å²) >= 11 is 0. The van der Waals surface area contributed by atoms with Gasteiger partial charge in [-0.2, -0.15) is 0 Å². The van der Waals surface area contributed by atoms with E-state index in [9.17, 15) is 4.79 Å². The molecule has 0 aromatic heterocycles. The Bertz CT molecular complexity index is 156. The first-order chi connectivity index (χ1) is 3.36. The number of hydrogen-bond acceptors (Lipinski definition) is 1. The van der Waals surface area contributed by atoms with Gasteiger partial charge in [-0.3, -0.25) is 4.79 Å². The summed E-state index contributed by atoms with van der Waals surface area (Å²) in [6.45, 7) is 0. The van der Waals surface area contributed by atoms with Gasteiger partial charge < -0.3 is 0 Å². The minimum Gasteiger partial charge on any atom is -0.295 e. The summed E-state index contributed by atoms with van der Waals surface area (Å²) in [6, 6.07) is 0. The molecule has 2 aliphatic carbocycles. The molecule has 0 spiro atoms. The molecule has 36 valence electrons. The number of rotatable bonds is 0. The lowest BCUT2D eigenvalue weighted by molar-refractivity contribution is -0.114. The van der Waals surface area contributed by atoms with E-state index in [2.05, 4.69) is 0 Å². The molecule has 2 aliphatic rings. The third-order valence-electron chi connectivity index (χ3n) is 1.64. The fourth-order valence-electron chi connectivity index (χ4n) is 1.11. The number of carbonyl (C=O) groups is 1. The first-order valence-electron chi connectivity index (χ1n) is 2.59. The summed E-state index contributed by atoms with van der Waals surface area (Å²) in [5.41, 5.74) is 1.39. The van der Waals surface area contributed by atoms with Crippen LogP contribution in [-0.2, 0) is 4.79 Å². The topological polar surface area (TPSA) is 17.1 Å². The summed E-state index contributed by atoms with van der Waals surface area (Å²) < 4.78 is 0. The van der Waals surface area contributed by atoms with E-state index < -0.39 is 0 Å². The van der Waals surface area contributed by atoms with Crippen LogP contribution >= 0.6 is 0 Å². The molecule has 0 aromatic rings. The molecule has 0 radical (unpaired) electrons. The molecular weight excluding hydrogens is 88.1 g/mol. The van der Waals surface area contributed by atoms with Gasteiger partial charge in [0.05, 0.1) is 0 Å². The summed E-state index contributed by atoms with van der Waals surface area (Å²) in [6.07, 6.45) is 3.83. The fourth-order valence-corrected chi connectivity index (χ4v) is 1.11. The van der Waals surface area contributed by atoms with Crippen LogP contribution in [0, 0.1) is 5.92 Å². The van der Waals surface area contributed by atoms with Crippen molar-refractivity contribution in [2.75, 3.05) is 0 Å². The lowest BCUT2D eigenvalue weighted by Gasteiger charge is -1.78. The van der Waals surface area contributed by atoms with E-state index in [-0.39, 0.29) is 0 Å². The second-order valence-corrected chi connectivity index (χ2v) is 2.29. The monoisotopic (exact) mass is 94.0 g/mol. The first kappa shape index (κ1) is 3.42. The largest absolute Gasteiger partial charge is 0.295 e. The molecule has 0 heterocycles. The molecule has 1 fully saturated rings. The Morgan fingerprint density at radius 3 is 2.71 bits per heavy atom. The maximum absolute atomic E-state index is 10.4. The van der Waals surface area contributed by atoms with Crippen LogP contribution in [0.25, 0.3) is 0 Å². The highest BCUT2D eigenvalue weighted by Crippen LogP contribution is 2.45. The molecule has 1 heteroatoms. The SMILES string of the molecule is O=C1C=C2CC2C1. The van der Waals surface area contributed by atoms with Gasteiger partial charge in [0, 0.05) is 6.42 Å². The Balaban J connectivity index is 2.38. The second kappa shape index (κ2) is 0.808. The fraction of sp³-hybridized carbons (Fsp3) is 0.500. The van der Waals surface area contributed by atoms with Gasteiger partial charge in [-0.25, -0.2) is 0 Å². The molecule has 0 amide bonds. The van der Waals surface area contributed by atoms with Crippen LogP contribution in [0.2, 0.25) is 0 Å². The van der Waals surface area contributed by atoms with Gasteiger partial charge in [0.2, 0.25) is 0 Å². The quantitative estimate of drug-likeness (QED) is 0.436. The predicted molar refractivity (Wildman–Crippen MR) is 25.8 cm³/mol. The zero-order valence-corrected chi connectivity index (χ0v) is 3.98. The van der Waals surface area contributed by atoms with Crippen molar-refractivity contribution >= 4 is 5.78 Å². The number of ketones is 1. The molecular formula is C6H6O. The maximum atomic E-state index is 10.4. The van der Waals surface area contributed by atoms with E-state index in [1.54, 1.807) is 6.08 Å². The summed E-state index contributed by atoms with van der Waals surface area (Å²) in [4.78, 5) is 10.4. The molecule has 0 aliphatic heterocycles. The summed E-state index contributed by atoms with van der Waals surface area (Å²) in [5, 5.41) is 0. The molecule has 1 atom stereocenters. The second-order valence-electron chi connectivity index (χ2n) is 2.29. The molecule has 0 aromatic carbocycles. The van der Waals surface area contributed by atoms with Gasteiger partial charge >= 0.3 is 0 Å². The van der Waals surface area contributed by atoms with Crippen LogP contribution in [0.1, 0.15) is 12.8 Å². The van der Waals surface area contributed by atoms with Crippen molar-refractivity contribution in [1.29, 1.82) is 0 Å². The molecule has 0 N–H and O–H groups in total. The minimum atomic E-state index is 0.339.